The van der Waals surface area contributed by atoms with Crippen molar-refractivity contribution >= 4 is 38.2 Å². The molecular formula is C18H14N2O7S. The number of carbonyl (C=O) groups excluding carboxylic acids is 1. The van der Waals surface area contributed by atoms with Gasteiger partial charge in [-0.05, 0) is 42.6 Å². The Hall–Kier alpha value is -3.50. The van der Waals surface area contributed by atoms with E-state index in [-0.39, 0.29) is 33.0 Å². The molecule has 3 rings (SSSR count). The largest absolute Gasteiger partial charge is 0.508 e. The topological polar surface area (TPSA) is 147 Å². The van der Waals surface area contributed by atoms with Crippen molar-refractivity contribution in [3.8, 4) is 5.75 Å². The molecule has 0 aliphatic rings. The van der Waals surface area contributed by atoms with Crippen LogP contribution in [-0.2, 0) is 10.1 Å². The number of hydrogen-bond donors (Lipinski definition) is 3. The van der Waals surface area contributed by atoms with Crippen LogP contribution in [0.25, 0.3) is 10.8 Å². The van der Waals surface area contributed by atoms with Gasteiger partial charge in [0.2, 0.25) is 0 Å². The van der Waals surface area contributed by atoms with E-state index in [1.54, 1.807) is 0 Å². The zero-order chi connectivity index (χ0) is 20.6. The molecule has 1 amide bonds. The summed E-state index contributed by atoms with van der Waals surface area (Å²) >= 11 is 0. The Morgan fingerprint density at radius 3 is 2.43 bits per heavy atom. The fourth-order valence-electron chi connectivity index (χ4n) is 2.79. The summed E-state index contributed by atoms with van der Waals surface area (Å²) in [4.78, 5) is 22.5. The smallest absolute Gasteiger partial charge is 0.294 e. The number of nitrogens with zero attached hydrogens (tertiary/aromatic N) is 1. The quantitative estimate of drug-likeness (QED) is 0.345. The molecule has 0 aromatic heterocycles. The third-order valence-electron chi connectivity index (χ3n) is 4.11. The van der Waals surface area contributed by atoms with Gasteiger partial charge in [-0.1, -0.05) is 6.07 Å². The zero-order valence-corrected chi connectivity index (χ0v) is 15.2. The van der Waals surface area contributed by atoms with Crippen molar-refractivity contribution < 1.29 is 27.8 Å². The molecule has 3 aromatic rings. The minimum absolute atomic E-state index is 0.114. The lowest BCUT2D eigenvalue weighted by Gasteiger charge is -2.11. The van der Waals surface area contributed by atoms with Gasteiger partial charge in [-0.25, -0.2) is 0 Å². The van der Waals surface area contributed by atoms with Crippen LogP contribution in [0.2, 0.25) is 0 Å². The van der Waals surface area contributed by atoms with Crippen molar-refractivity contribution in [3.05, 3.63) is 69.8 Å². The maximum atomic E-state index is 12.5. The lowest BCUT2D eigenvalue weighted by Crippen LogP contribution is -2.12. The van der Waals surface area contributed by atoms with E-state index >= 15 is 0 Å². The van der Waals surface area contributed by atoms with Gasteiger partial charge in [0.25, 0.3) is 21.7 Å². The number of hydrogen-bond acceptors (Lipinski definition) is 6. The number of carbonyl (C=O) groups is 1. The third-order valence-corrected chi connectivity index (χ3v) is 4.96. The van der Waals surface area contributed by atoms with Crippen LogP contribution in [0, 0.1) is 17.0 Å². The molecule has 0 fully saturated rings. The molecule has 10 heteroatoms. The van der Waals surface area contributed by atoms with Gasteiger partial charge >= 0.3 is 0 Å². The highest BCUT2D eigenvalue weighted by atomic mass is 32.2. The zero-order valence-electron chi connectivity index (χ0n) is 14.4. The summed E-state index contributed by atoms with van der Waals surface area (Å²) < 4.78 is 31.7. The fraction of sp³-hybridized carbons (Fsp3) is 0.0556. The van der Waals surface area contributed by atoms with Gasteiger partial charge in [-0.3, -0.25) is 19.5 Å². The van der Waals surface area contributed by atoms with Crippen molar-refractivity contribution in [2.75, 3.05) is 5.32 Å². The highest BCUT2D eigenvalue weighted by Crippen LogP contribution is 2.31. The molecule has 0 aliphatic carbocycles. The highest BCUT2D eigenvalue weighted by molar-refractivity contribution is 7.85. The summed E-state index contributed by atoms with van der Waals surface area (Å²) in [6.07, 6.45) is 0. The highest BCUT2D eigenvalue weighted by Gasteiger charge is 2.16. The maximum absolute atomic E-state index is 12.5. The first-order valence-corrected chi connectivity index (χ1v) is 9.31. The Morgan fingerprint density at radius 2 is 1.82 bits per heavy atom. The van der Waals surface area contributed by atoms with Crippen LogP contribution in [0.3, 0.4) is 0 Å². The van der Waals surface area contributed by atoms with Crippen molar-refractivity contribution in [1.82, 2.24) is 0 Å². The van der Waals surface area contributed by atoms with E-state index in [1.807, 2.05) is 0 Å². The Bertz CT molecular complexity index is 1240. The van der Waals surface area contributed by atoms with Gasteiger partial charge in [0.15, 0.2) is 0 Å². The number of phenols is 1. The summed E-state index contributed by atoms with van der Waals surface area (Å²) in [7, 11) is -4.43. The molecule has 0 saturated heterocycles. The van der Waals surface area contributed by atoms with E-state index in [9.17, 15) is 28.4 Å². The average Bonchev–Trinajstić information content (AvgIpc) is 2.59. The summed E-state index contributed by atoms with van der Waals surface area (Å²) in [6, 6.07) is 10.2. The molecule has 0 bridgehead atoms. The number of rotatable bonds is 4. The van der Waals surface area contributed by atoms with Gasteiger partial charge < -0.3 is 10.4 Å². The molecule has 144 valence electrons. The normalized spacial score (nSPS) is 11.4. The number of nitro groups is 1. The number of fused-ring (bicyclic) bond motifs is 1. The Morgan fingerprint density at radius 1 is 1.11 bits per heavy atom. The van der Waals surface area contributed by atoms with Gasteiger partial charge in [-0.15, -0.1) is 0 Å². The van der Waals surface area contributed by atoms with Gasteiger partial charge in [0.1, 0.15) is 5.75 Å². The lowest BCUT2D eigenvalue weighted by atomic mass is 10.1. The number of phenolic OH excluding ortho intramolecular Hbond substituents is 1. The monoisotopic (exact) mass is 402 g/mol. The van der Waals surface area contributed by atoms with E-state index in [1.165, 1.54) is 49.4 Å². The molecule has 3 aromatic carbocycles. The fourth-order valence-corrected chi connectivity index (χ4v) is 3.31. The van der Waals surface area contributed by atoms with Crippen LogP contribution in [0.5, 0.6) is 5.75 Å². The van der Waals surface area contributed by atoms with Gasteiger partial charge in [0, 0.05) is 28.6 Å². The summed E-state index contributed by atoms with van der Waals surface area (Å²) in [5, 5.41) is 24.1. The first kappa shape index (κ1) is 19.3. The van der Waals surface area contributed by atoms with Crippen molar-refractivity contribution in [3.63, 3.8) is 0 Å². The lowest BCUT2D eigenvalue weighted by molar-refractivity contribution is -0.385. The van der Waals surface area contributed by atoms with Crippen molar-refractivity contribution in [2.24, 2.45) is 0 Å². The number of benzene rings is 3. The Balaban J connectivity index is 2.01. The van der Waals surface area contributed by atoms with Crippen LogP contribution in [0.15, 0.2) is 53.4 Å². The molecule has 9 nitrogen and oxygen atoms in total. The van der Waals surface area contributed by atoms with E-state index in [0.717, 1.165) is 6.07 Å². The molecule has 0 unspecified atom stereocenters. The predicted octanol–water partition coefficient (Wildman–Crippen LogP) is 3.26. The van der Waals surface area contributed by atoms with Crippen LogP contribution in [0.1, 0.15) is 15.9 Å². The number of nitro benzene ring substituents is 1. The summed E-state index contributed by atoms with van der Waals surface area (Å²) in [5.41, 5.74) is 0.584. The van der Waals surface area contributed by atoms with E-state index < -0.39 is 20.9 Å². The molecule has 0 heterocycles. The van der Waals surface area contributed by atoms with E-state index in [0.29, 0.717) is 10.9 Å². The van der Waals surface area contributed by atoms with E-state index in [4.69, 9.17) is 4.55 Å². The van der Waals surface area contributed by atoms with Crippen molar-refractivity contribution in [2.45, 2.75) is 11.8 Å². The number of amides is 1. The molecular weight excluding hydrogens is 388 g/mol. The van der Waals surface area contributed by atoms with Crippen LogP contribution in [-0.4, -0.2) is 28.9 Å². The molecule has 0 saturated carbocycles. The number of aromatic hydroxyl groups is 1. The van der Waals surface area contributed by atoms with Crippen LogP contribution >= 0.6 is 0 Å². The molecule has 0 atom stereocenters. The first-order chi connectivity index (χ1) is 13.1. The van der Waals surface area contributed by atoms with Gasteiger partial charge in [-0.2, -0.15) is 8.42 Å². The van der Waals surface area contributed by atoms with Crippen LogP contribution in [0.4, 0.5) is 11.4 Å². The first-order valence-electron chi connectivity index (χ1n) is 7.87. The minimum Gasteiger partial charge on any atom is -0.508 e. The second-order valence-corrected chi connectivity index (χ2v) is 7.49. The second kappa shape index (κ2) is 6.91. The average molecular weight is 402 g/mol. The summed E-state index contributed by atoms with van der Waals surface area (Å²) in [6.45, 7) is 1.51. The second-order valence-electron chi connectivity index (χ2n) is 6.06. The molecule has 3 N–H and O–H groups in total. The standard InChI is InChI=1S/C18H14N2O7S/c1-10-6-11(2-5-17(10)20(23)24)18(22)19-16-9-13(21)7-12-8-14(28(25,26)27)3-4-15(12)16/h2-9,21H,1H3,(H,19,22)(H,25,26,27). The molecule has 0 radical (unpaired) electrons. The number of anilines is 1. The Kier molecular flexibility index (Phi) is 4.75. The number of aryl methyl sites for hydroxylation is 1. The molecule has 0 spiro atoms. The Labute approximate surface area is 159 Å². The molecule has 0 aliphatic heterocycles. The van der Waals surface area contributed by atoms with E-state index in [2.05, 4.69) is 5.32 Å². The summed E-state index contributed by atoms with van der Waals surface area (Å²) in [5.74, 6) is -0.793. The van der Waals surface area contributed by atoms with Crippen LogP contribution < -0.4 is 5.32 Å². The number of nitrogens with one attached hydrogen (secondary N) is 1. The SMILES string of the molecule is Cc1cc(C(=O)Nc2cc(O)cc3cc(S(=O)(=O)O)ccc23)ccc1[N+](=O)[O-]. The predicted molar refractivity (Wildman–Crippen MR) is 101 cm³/mol. The van der Waals surface area contributed by atoms with Gasteiger partial charge in [0.05, 0.1) is 15.5 Å². The van der Waals surface area contributed by atoms with Crippen molar-refractivity contribution in [1.29, 1.82) is 0 Å². The minimum atomic E-state index is -4.43. The molecule has 28 heavy (non-hydrogen) atoms. The maximum Gasteiger partial charge on any atom is 0.294 e. The third kappa shape index (κ3) is 3.77.